The molecule has 3 aromatic carbocycles. The van der Waals surface area contributed by atoms with Crippen molar-refractivity contribution in [1.82, 2.24) is 10.2 Å². The van der Waals surface area contributed by atoms with Gasteiger partial charge in [-0.15, -0.1) is 0 Å². The third-order valence-corrected chi connectivity index (χ3v) is 8.13. The van der Waals surface area contributed by atoms with E-state index in [-0.39, 0.29) is 37.2 Å². The molecule has 1 atom stereocenters. The zero-order valence-corrected chi connectivity index (χ0v) is 25.4. The molecule has 0 unspecified atom stereocenters. The lowest BCUT2D eigenvalue weighted by Crippen LogP contribution is -2.51. The van der Waals surface area contributed by atoms with Gasteiger partial charge >= 0.3 is 0 Å². The van der Waals surface area contributed by atoms with E-state index in [1.54, 1.807) is 17.0 Å². The van der Waals surface area contributed by atoms with Gasteiger partial charge in [-0.3, -0.25) is 13.9 Å². The summed E-state index contributed by atoms with van der Waals surface area (Å²) in [6.07, 6.45) is 2.84. The highest BCUT2D eigenvalue weighted by Gasteiger charge is 2.30. The third-order valence-electron chi connectivity index (χ3n) is 6.94. The van der Waals surface area contributed by atoms with Gasteiger partial charge in [-0.05, 0) is 47.6 Å². The molecule has 0 aliphatic carbocycles. The number of sulfonamides is 1. The Morgan fingerprint density at radius 2 is 1.41 bits per heavy atom. The molecule has 41 heavy (non-hydrogen) atoms. The largest absolute Gasteiger partial charge is 0.354 e. The van der Waals surface area contributed by atoms with Crippen LogP contribution in [0.2, 0.25) is 0 Å². The zero-order chi connectivity index (χ0) is 29.8. The van der Waals surface area contributed by atoms with Gasteiger partial charge in [0.2, 0.25) is 21.8 Å². The highest BCUT2D eigenvalue weighted by Crippen LogP contribution is 2.21. The summed E-state index contributed by atoms with van der Waals surface area (Å²) in [6, 6.07) is 26.1. The van der Waals surface area contributed by atoms with E-state index in [0.717, 1.165) is 23.1 Å². The molecule has 0 aliphatic rings. The number of carbonyl (C=O) groups excluding carboxylic acids is 2. The molecule has 0 saturated heterocycles. The van der Waals surface area contributed by atoms with E-state index >= 15 is 0 Å². The molecule has 3 rings (SSSR count). The topological polar surface area (TPSA) is 86.8 Å². The van der Waals surface area contributed by atoms with E-state index in [1.165, 1.54) is 10.6 Å². The Labute approximate surface area is 245 Å². The summed E-state index contributed by atoms with van der Waals surface area (Å²) >= 11 is 0. The molecule has 0 spiro atoms. The molecule has 0 aliphatic heterocycles. The summed E-state index contributed by atoms with van der Waals surface area (Å²) in [5.41, 5.74) is 3.58. The van der Waals surface area contributed by atoms with Gasteiger partial charge in [0, 0.05) is 32.5 Å². The Morgan fingerprint density at radius 1 is 0.829 bits per heavy atom. The average Bonchev–Trinajstić information content (AvgIpc) is 2.96. The summed E-state index contributed by atoms with van der Waals surface area (Å²) < 4.78 is 26.6. The minimum Gasteiger partial charge on any atom is -0.354 e. The second-order valence-corrected chi connectivity index (χ2v) is 12.7. The van der Waals surface area contributed by atoms with Crippen LogP contribution in [0.3, 0.4) is 0 Å². The molecule has 2 amide bonds. The number of hydrogen-bond donors (Lipinski definition) is 1. The van der Waals surface area contributed by atoms with E-state index in [9.17, 15) is 18.0 Å². The molecule has 7 nitrogen and oxygen atoms in total. The first-order valence-electron chi connectivity index (χ1n) is 14.3. The molecule has 0 radical (unpaired) electrons. The van der Waals surface area contributed by atoms with Crippen LogP contribution >= 0.6 is 0 Å². The molecule has 0 saturated carbocycles. The van der Waals surface area contributed by atoms with Gasteiger partial charge in [0.1, 0.15) is 6.04 Å². The number of carbonyl (C=O) groups is 2. The molecular weight excluding hydrogens is 534 g/mol. The molecule has 220 valence electrons. The summed E-state index contributed by atoms with van der Waals surface area (Å²) in [6.45, 7) is 7.06. The summed E-state index contributed by atoms with van der Waals surface area (Å²) in [5.74, 6) is -0.118. The van der Waals surface area contributed by atoms with Crippen molar-refractivity contribution in [2.75, 3.05) is 23.7 Å². The molecule has 0 heterocycles. The predicted molar refractivity (Wildman–Crippen MR) is 166 cm³/mol. The van der Waals surface area contributed by atoms with Crippen molar-refractivity contribution in [3.63, 3.8) is 0 Å². The number of anilines is 1. The maximum absolute atomic E-state index is 13.9. The lowest BCUT2D eigenvalue weighted by atomic mass is 10.0. The van der Waals surface area contributed by atoms with Crippen LogP contribution in [-0.2, 0) is 39.0 Å². The van der Waals surface area contributed by atoms with Gasteiger partial charge < -0.3 is 10.2 Å². The van der Waals surface area contributed by atoms with E-state index < -0.39 is 16.1 Å². The fourth-order valence-corrected chi connectivity index (χ4v) is 5.62. The fraction of sp³-hybridized carbons (Fsp3) is 0.394. The molecule has 0 fully saturated rings. The minimum atomic E-state index is -3.55. The van der Waals surface area contributed by atoms with E-state index in [0.29, 0.717) is 25.1 Å². The Kier molecular flexibility index (Phi) is 12.0. The van der Waals surface area contributed by atoms with Gasteiger partial charge in [-0.2, -0.15) is 0 Å². The molecule has 3 aromatic rings. The monoisotopic (exact) mass is 577 g/mol. The highest BCUT2D eigenvalue weighted by molar-refractivity contribution is 7.92. The van der Waals surface area contributed by atoms with E-state index in [4.69, 9.17) is 0 Å². The van der Waals surface area contributed by atoms with Crippen LogP contribution in [0.1, 0.15) is 50.3 Å². The maximum Gasteiger partial charge on any atom is 0.243 e. The average molecular weight is 578 g/mol. The Bertz CT molecular complexity index is 1340. The highest BCUT2D eigenvalue weighted by atomic mass is 32.2. The molecule has 0 bridgehead atoms. The first-order valence-corrected chi connectivity index (χ1v) is 16.1. The van der Waals surface area contributed by atoms with Crippen molar-refractivity contribution in [2.45, 2.75) is 59.0 Å². The lowest BCUT2D eigenvalue weighted by molar-refractivity contribution is -0.141. The van der Waals surface area contributed by atoms with E-state index in [2.05, 4.69) is 5.32 Å². The van der Waals surface area contributed by atoms with Crippen LogP contribution in [0.4, 0.5) is 5.69 Å². The summed E-state index contributed by atoms with van der Waals surface area (Å²) in [4.78, 5) is 29.0. The van der Waals surface area contributed by atoms with Crippen LogP contribution in [0.25, 0.3) is 0 Å². The molecular formula is C33H43N3O4S. The number of nitrogens with zero attached hydrogens (tertiary/aromatic N) is 2. The van der Waals surface area contributed by atoms with Crippen molar-refractivity contribution in [3.05, 3.63) is 102 Å². The SMILES string of the molecule is CCc1ccc(N(CCCC(=O)N(Cc2ccccc2)[C@H](Cc2ccccc2)C(=O)NCC(C)C)S(C)(=O)=O)cc1. The Balaban J connectivity index is 1.84. The number of nitrogens with one attached hydrogen (secondary N) is 1. The van der Waals surface area contributed by atoms with E-state index in [1.807, 2.05) is 93.6 Å². The number of benzene rings is 3. The number of amides is 2. The van der Waals surface area contributed by atoms with Crippen molar-refractivity contribution < 1.29 is 18.0 Å². The van der Waals surface area contributed by atoms with Crippen LogP contribution in [0.5, 0.6) is 0 Å². The second kappa shape index (κ2) is 15.4. The summed E-state index contributed by atoms with van der Waals surface area (Å²) in [7, 11) is -3.55. The lowest BCUT2D eigenvalue weighted by Gasteiger charge is -2.32. The van der Waals surface area contributed by atoms with Crippen LogP contribution < -0.4 is 9.62 Å². The number of aryl methyl sites for hydroxylation is 1. The zero-order valence-electron chi connectivity index (χ0n) is 24.6. The first kappa shape index (κ1) is 31.9. The fourth-order valence-electron chi connectivity index (χ4n) is 4.66. The minimum absolute atomic E-state index is 0.106. The Morgan fingerprint density at radius 3 is 1.95 bits per heavy atom. The van der Waals surface area contributed by atoms with Crippen molar-refractivity contribution in [1.29, 1.82) is 0 Å². The third kappa shape index (κ3) is 10.0. The summed E-state index contributed by atoms with van der Waals surface area (Å²) in [5, 5.41) is 3.03. The van der Waals surface area contributed by atoms with Gasteiger partial charge in [-0.1, -0.05) is 93.6 Å². The van der Waals surface area contributed by atoms with Crippen molar-refractivity contribution in [2.24, 2.45) is 5.92 Å². The standard InChI is InChI=1S/C33H43N3O4S/c1-5-27-18-20-30(21-19-27)36(41(4,39)40)22-12-17-32(37)35(25-29-15-10-7-11-16-29)31(33(38)34-24-26(2)3)23-28-13-8-6-9-14-28/h6-11,13-16,18-21,26,31H,5,12,17,22-25H2,1-4H3,(H,34,38)/t31-/m1/s1. The Hall–Kier alpha value is -3.65. The number of rotatable bonds is 15. The van der Waals surface area contributed by atoms with Crippen LogP contribution in [0, 0.1) is 5.92 Å². The van der Waals surface area contributed by atoms with Gasteiger partial charge in [0.15, 0.2) is 0 Å². The second-order valence-electron chi connectivity index (χ2n) is 10.8. The predicted octanol–water partition coefficient (Wildman–Crippen LogP) is 5.21. The maximum atomic E-state index is 13.9. The molecule has 8 heteroatoms. The van der Waals surface area contributed by atoms with Gasteiger partial charge in [-0.25, -0.2) is 8.42 Å². The normalized spacial score (nSPS) is 12.1. The first-order chi connectivity index (χ1) is 19.6. The van der Waals surface area contributed by atoms with Gasteiger partial charge in [0.05, 0.1) is 11.9 Å². The van der Waals surface area contributed by atoms with Gasteiger partial charge in [0.25, 0.3) is 0 Å². The molecule has 0 aromatic heterocycles. The van der Waals surface area contributed by atoms with Crippen molar-refractivity contribution >= 4 is 27.5 Å². The number of hydrogen-bond acceptors (Lipinski definition) is 4. The quantitative estimate of drug-likeness (QED) is 0.269. The molecule has 1 N–H and O–H groups in total. The smallest absolute Gasteiger partial charge is 0.243 e. The van der Waals surface area contributed by atoms with Crippen LogP contribution in [0.15, 0.2) is 84.9 Å². The van der Waals surface area contributed by atoms with Crippen LogP contribution in [-0.4, -0.2) is 50.5 Å². The van der Waals surface area contributed by atoms with Crippen molar-refractivity contribution in [3.8, 4) is 0 Å².